The third-order valence-corrected chi connectivity index (χ3v) is 8.02. The zero-order valence-corrected chi connectivity index (χ0v) is 16.9. The van der Waals surface area contributed by atoms with Crippen LogP contribution in [0.1, 0.15) is 58.3 Å². The van der Waals surface area contributed by atoms with Crippen molar-refractivity contribution in [3.63, 3.8) is 0 Å². The van der Waals surface area contributed by atoms with Crippen molar-refractivity contribution in [1.29, 1.82) is 0 Å². The third kappa shape index (κ3) is 6.01. The molecule has 0 bridgehead atoms. The van der Waals surface area contributed by atoms with E-state index in [4.69, 9.17) is 4.74 Å². The standard InChI is InChI=1S/C22H30O2Se/c1-17-9-4-2-5-10-18-11-8-12-19(18)15-21(16-22(23)24-17)25-20-13-6-3-7-14-20/h3,5-7,10,13-14,17-19,21H,2,4,8-9,11-12,15-16H2,1H3/b10-5+/t17-,18?,19?,21-/m0/s1. The second-order valence-corrected chi connectivity index (χ2v) is 10.4. The van der Waals surface area contributed by atoms with Crippen molar-refractivity contribution in [2.45, 2.75) is 69.2 Å². The van der Waals surface area contributed by atoms with Crippen molar-refractivity contribution in [2.75, 3.05) is 0 Å². The molecule has 1 heterocycles. The zero-order chi connectivity index (χ0) is 17.5. The molecule has 0 radical (unpaired) electrons. The second-order valence-electron chi connectivity index (χ2n) is 7.51. The summed E-state index contributed by atoms with van der Waals surface area (Å²) in [5.74, 6) is 1.48. The fourth-order valence-electron chi connectivity index (χ4n) is 4.13. The van der Waals surface area contributed by atoms with Crippen LogP contribution in [0.3, 0.4) is 0 Å². The quantitative estimate of drug-likeness (QED) is 0.406. The first-order valence-electron chi connectivity index (χ1n) is 9.78. The van der Waals surface area contributed by atoms with Crippen LogP contribution >= 0.6 is 0 Å². The maximum absolute atomic E-state index is 12.5. The van der Waals surface area contributed by atoms with Crippen LogP contribution in [0.25, 0.3) is 0 Å². The number of benzene rings is 1. The van der Waals surface area contributed by atoms with Gasteiger partial charge in [-0.3, -0.25) is 0 Å². The fraction of sp³-hybridized carbons (Fsp3) is 0.591. The predicted octanol–water partition coefficient (Wildman–Crippen LogP) is 4.67. The van der Waals surface area contributed by atoms with E-state index in [9.17, 15) is 4.79 Å². The average Bonchev–Trinajstić information content (AvgIpc) is 3.01. The van der Waals surface area contributed by atoms with Gasteiger partial charge in [0.05, 0.1) is 0 Å². The zero-order valence-electron chi connectivity index (χ0n) is 15.2. The molecule has 0 amide bonds. The number of carbonyl (C=O) groups excluding carboxylic acids is 1. The number of fused-ring (bicyclic) bond motifs is 1. The molecular weight excluding hydrogens is 375 g/mol. The molecule has 1 saturated carbocycles. The van der Waals surface area contributed by atoms with Gasteiger partial charge in [-0.2, -0.15) is 0 Å². The van der Waals surface area contributed by atoms with E-state index in [0.717, 1.165) is 31.1 Å². The van der Waals surface area contributed by atoms with Gasteiger partial charge in [0, 0.05) is 0 Å². The summed E-state index contributed by atoms with van der Waals surface area (Å²) in [5.41, 5.74) is 0. The van der Waals surface area contributed by atoms with Crippen LogP contribution in [0.5, 0.6) is 0 Å². The van der Waals surface area contributed by atoms with E-state index in [-0.39, 0.29) is 12.1 Å². The van der Waals surface area contributed by atoms with E-state index in [1.165, 1.54) is 30.1 Å². The average molecular weight is 405 g/mol. The Morgan fingerprint density at radius 3 is 2.76 bits per heavy atom. The van der Waals surface area contributed by atoms with Gasteiger partial charge in [-0.1, -0.05) is 0 Å². The summed E-state index contributed by atoms with van der Waals surface area (Å²) >= 11 is 0.334. The fourth-order valence-corrected chi connectivity index (χ4v) is 6.77. The molecule has 1 aromatic rings. The summed E-state index contributed by atoms with van der Waals surface area (Å²) in [6.45, 7) is 2.04. The van der Waals surface area contributed by atoms with Crippen LogP contribution in [0.4, 0.5) is 0 Å². The van der Waals surface area contributed by atoms with Crippen LogP contribution in [-0.4, -0.2) is 27.0 Å². The van der Waals surface area contributed by atoms with Gasteiger partial charge >= 0.3 is 158 Å². The number of hydrogen-bond donors (Lipinski definition) is 0. The number of esters is 1. The van der Waals surface area contributed by atoms with E-state index >= 15 is 0 Å². The van der Waals surface area contributed by atoms with Crippen LogP contribution < -0.4 is 4.46 Å². The molecule has 0 spiro atoms. The van der Waals surface area contributed by atoms with Crippen molar-refractivity contribution >= 4 is 25.4 Å². The maximum atomic E-state index is 12.5. The van der Waals surface area contributed by atoms with E-state index in [0.29, 0.717) is 26.2 Å². The first kappa shape index (κ1) is 18.7. The Labute approximate surface area is 158 Å². The second kappa shape index (κ2) is 9.59. The predicted molar refractivity (Wildman–Crippen MR) is 104 cm³/mol. The minimum absolute atomic E-state index is 0.0112. The summed E-state index contributed by atoms with van der Waals surface area (Å²) in [6, 6.07) is 10.7. The van der Waals surface area contributed by atoms with Gasteiger partial charge in [0.2, 0.25) is 0 Å². The Morgan fingerprint density at radius 2 is 1.92 bits per heavy atom. The number of allylic oxidation sites excluding steroid dienone is 2. The van der Waals surface area contributed by atoms with Gasteiger partial charge in [0.15, 0.2) is 0 Å². The molecule has 1 aliphatic carbocycles. The summed E-state index contributed by atoms with van der Waals surface area (Å²) in [4.78, 5) is 12.9. The number of hydrogen-bond acceptors (Lipinski definition) is 2. The van der Waals surface area contributed by atoms with Gasteiger partial charge < -0.3 is 0 Å². The number of carbonyl (C=O) groups is 1. The van der Waals surface area contributed by atoms with Crippen LogP contribution in [0, 0.1) is 11.8 Å². The van der Waals surface area contributed by atoms with Gasteiger partial charge in [0.1, 0.15) is 0 Å². The molecule has 1 aliphatic heterocycles. The first-order chi connectivity index (χ1) is 12.2. The monoisotopic (exact) mass is 406 g/mol. The van der Waals surface area contributed by atoms with Crippen LogP contribution in [0.2, 0.25) is 4.82 Å². The first-order valence-corrected chi connectivity index (χ1v) is 11.6. The van der Waals surface area contributed by atoms with Gasteiger partial charge in [0.25, 0.3) is 0 Å². The van der Waals surface area contributed by atoms with Crippen molar-refractivity contribution in [1.82, 2.24) is 0 Å². The van der Waals surface area contributed by atoms with Crippen LogP contribution in [-0.2, 0) is 9.53 Å². The van der Waals surface area contributed by atoms with E-state index in [1.807, 2.05) is 6.92 Å². The molecule has 2 nitrogen and oxygen atoms in total. The van der Waals surface area contributed by atoms with E-state index in [2.05, 4.69) is 42.5 Å². The number of ether oxygens (including phenoxy) is 1. The Hall–Kier alpha value is -1.05. The summed E-state index contributed by atoms with van der Waals surface area (Å²) in [7, 11) is 0. The molecule has 1 fully saturated rings. The molecule has 3 rings (SSSR count). The topological polar surface area (TPSA) is 26.3 Å². The van der Waals surface area contributed by atoms with E-state index < -0.39 is 0 Å². The summed E-state index contributed by atoms with van der Waals surface area (Å²) in [5, 5.41) is 0. The van der Waals surface area contributed by atoms with Crippen molar-refractivity contribution in [3.8, 4) is 0 Å². The number of rotatable bonds is 2. The van der Waals surface area contributed by atoms with Gasteiger partial charge in [-0.05, 0) is 0 Å². The molecule has 0 aromatic heterocycles. The molecule has 2 unspecified atom stereocenters. The molecule has 3 heteroatoms. The molecule has 1 aromatic carbocycles. The number of cyclic esters (lactones) is 1. The van der Waals surface area contributed by atoms with E-state index in [1.54, 1.807) is 0 Å². The molecular formula is C22H30O2Se. The Kier molecular flexibility index (Phi) is 7.19. The Morgan fingerprint density at radius 1 is 1.08 bits per heavy atom. The molecule has 25 heavy (non-hydrogen) atoms. The normalized spacial score (nSPS) is 32.6. The Balaban J connectivity index is 1.73. The van der Waals surface area contributed by atoms with Crippen molar-refractivity contribution in [2.24, 2.45) is 11.8 Å². The molecule has 4 atom stereocenters. The summed E-state index contributed by atoms with van der Waals surface area (Å²) < 4.78 is 7.09. The third-order valence-electron chi connectivity index (χ3n) is 5.42. The molecule has 136 valence electrons. The SMILES string of the molecule is C[C@H]1CCC/C=C/C2CCCC2C[C@H]([Se]c2ccccc2)CC(=O)O1. The van der Waals surface area contributed by atoms with Crippen molar-refractivity contribution < 1.29 is 9.53 Å². The minimum atomic E-state index is 0.0112. The molecule has 0 saturated heterocycles. The Bertz CT molecular complexity index is 569. The van der Waals surface area contributed by atoms with Gasteiger partial charge in [-0.15, -0.1) is 0 Å². The summed E-state index contributed by atoms with van der Waals surface area (Å²) in [6.07, 6.45) is 13.9. The molecule has 0 N–H and O–H groups in total. The van der Waals surface area contributed by atoms with Crippen molar-refractivity contribution in [3.05, 3.63) is 42.5 Å². The van der Waals surface area contributed by atoms with Gasteiger partial charge in [-0.25, -0.2) is 0 Å². The van der Waals surface area contributed by atoms with Crippen LogP contribution in [0.15, 0.2) is 42.5 Å². The molecule has 2 aliphatic rings.